The first kappa shape index (κ1) is 17.2. The molecule has 0 bridgehead atoms. The van der Waals surface area contributed by atoms with Crippen LogP contribution in [-0.2, 0) is 6.54 Å². The molecule has 18 heavy (non-hydrogen) atoms. The van der Waals surface area contributed by atoms with Crippen molar-refractivity contribution in [2.24, 2.45) is 11.1 Å². The fraction of sp³-hybridized carbons (Fsp3) is 0.571. The second-order valence-electron chi connectivity index (χ2n) is 5.39. The van der Waals surface area contributed by atoms with Crippen molar-refractivity contribution in [3.63, 3.8) is 0 Å². The van der Waals surface area contributed by atoms with Gasteiger partial charge in [-0.15, -0.1) is 12.4 Å². The van der Waals surface area contributed by atoms with Crippen LogP contribution in [0.4, 0.5) is 0 Å². The predicted octanol–water partition coefficient (Wildman–Crippen LogP) is 2.53. The predicted molar refractivity (Wildman–Crippen MR) is 79.4 cm³/mol. The van der Waals surface area contributed by atoms with Gasteiger partial charge in [-0.05, 0) is 36.7 Å². The van der Waals surface area contributed by atoms with Crippen molar-refractivity contribution >= 4 is 12.4 Å². The highest BCUT2D eigenvalue weighted by Crippen LogP contribution is 2.17. The maximum absolute atomic E-state index is 5.75. The summed E-state index contributed by atoms with van der Waals surface area (Å²) in [7, 11) is 3.82. The molecule has 0 unspecified atom stereocenters. The van der Waals surface area contributed by atoms with E-state index >= 15 is 0 Å². The molecule has 1 rings (SSSR count). The topological polar surface area (TPSA) is 38.5 Å². The van der Waals surface area contributed by atoms with Gasteiger partial charge < -0.3 is 15.4 Å². The van der Waals surface area contributed by atoms with Gasteiger partial charge in [0.05, 0.1) is 7.11 Å². The van der Waals surface area contributed by atoms with Crippen LogP contribution < -0.4 is 10.5 Å². The van der Waals surface area contributed by atoms with Crippen LogP contribution in [0.3, 0.4) is 0 Å². The summed E-state index contributed by atoms with van der Waals surface area (Å²) in [6, 6.07) is 8.18. The van der Waals surface area contributed by atoms with Crippen molar-refractivity contribution in [1.29, 1.82) is 0 Å². The molecule has 0 radical (unpaired) electrons. The molecule has 104 valence electrons. The molecule has 3 nitrogen and oxygen atoms in total. The molecule has 1 aromatic rings. The Hall–Kier alpha value is -0.770. The number of methoxy groups -OCH3 is 1. The molecule has 0 aromatic heterocycles. The molecular formula is C14H25ClN2O. The summed E-state index contributed by atoms with van der Waals surface area (Å²) in [5.41, 5.74) is 7.17. The minimum Gasteiger partial charge on any atom is -0.497 e. The van der Waals surface area contributed by atoms with Crippen molar-refractivity contribution in [1.82, 2.24) is 4.90 Å². The van der Waals surface area contributed by atoms with Crippen molar-refractivity contribution < 1.29 is 4.74 Å². The average Bonchev–Trinajstić information content (AvgIpc) is 2.28. The summed E-state index contributed by atoms with van der Waals surface area (Å²) >= 11 is 0. The van der Waals surface area contributed by atoms with Crippen LogP contribution in [-0.4, -0.2) is 32.1 Å². The Kier molecular flexibility index (Phi) is 7.29. The molecule has 1 aromatic carbocycles. The van der Waals surface area contributed by atoms with Gasteiger partial charge >= 0.3 is 0 Å². The minimum atomic E-state index is 0. The highest BCUT2D eigenvalue weighted by molar-refractivity contribution is 5.85. The lowest BCUT2D eigenvalue weighted by molar-refractivity contribution is 0.210. The summed E-state index contributed by atoms with van der Waals surface area (Å²) in [4.78, 5) is 2.29. The standard InChI is InChI=1S/C14H24N2O.ClH/c1-14(2,10-15)11-16(3)9-12-6-5-7-13(8-12)17-4;/h5-8H,9-11,15H2,1-4H3;1H. The summed E-state index contributed by atoms with van der Waals surface area (Å²) in [5, 5.41) is 0. The number of nitrogens with two attached hydrogens (primary N) is 1. The lowest BCUT2D eigenvalue weighted by Gasteiger charge is -2.29. The van der Waals surface area contributed by atoms with Crippen LogP contribution in [0.25, 0.3) is 0 Å². The Labute approximate surface area is 117 Å². The zero-order valence-electron chi connectivity index (χ0n) is 11.8. The third-order valence-electron chi connectivity index (χ3n) is 2.84. The fourth-order valence-electron chi connectivity index (χ4n) is 1.93. The number of hydrogen-bond donors (Lipinski definition) is 1. The molecule has 0 atom stereocenters. The van der Waals surface area contributed by atoms with E-state index < -0.39 is 0 Å². The highest BCUT2D eigenvalue weighted by atomic mass is 35.5. The summed E-state index contributed by atoms with van der Waals surface area (Å²) in [6.07, 6.45) is 0. The lowest BCUT2D eigenvalue weighted by Crippen LogP contribution is -2.36. The van der Waals surface area contributed by atoms with Gasteiger partial charge in [0, 0.05) is 13.1 Å². The molecule has 0 amide bonds. The number of benzene rings is 1. The molecule has 0 fully saturated rings. The Balaban J connectivity index is 0.00000289. The monoisotopic (exact) mass is 272 g/mol. The molecule has 0 heterocycles. The maximum atomic E-state index is 5.75. The Morgan fingerprint density at radius 3 is 2.56 bits per heavy atom. The van der Waals surface area contributed by atoms with Gasteiger partial charge in [-0.25, -0.2) is 0 Å². The molecular weight excluding hydrogens is 248 g/mol. The smallest absolute Gasteiger partial charge is 0.119 e. The van der Waals surface area contributed by atoms with Crippen LogP contribution in [0.15, 0.2) is 24.3 Å². The van der Waals surface area contributed by atoms with Gasteiger partial charge in [0.2, 0.25) is 0 Å². The zero-order chi connectivity index (χ0) is 12.9. The number of hydrogen-bond acceptors (Lipinski definition) is 3. The highest BCUT2D eigenvalue weighted by Gasteiger charge is 2.17. The van der Waals surface area contributed by atoms with Gasteiger partial charge in [-0.3, -0.25) is 0 Å². The van der Waals surface area contributed by atoms with E-state index in [2.05, 4.69) is 37.9 Å². The SMILES string of the molecule is COc1cccc(CN(C)CC(C)(C)CN)c1.Cl. The quantitative estimate of drug-likeness (QED) is 0.865. The van der Waals surface area contributed by atoms with E-state index in [9.17, 15) is 0 Å². The minimum absolute atomic E-state index is 0. The lowest BCUT2D eigenvalue weighted by atomic mass is 9.93. The van der Waals surface area contributed by atoms with E-state index in [1.54, 1.807) is 7.11 Å². The Bertz CT molecular complexity index is 355. The molecule has 0 aliphatic rings. The van der Waals surface area contributed by atoms with Crippen LogP contribution in [0.5, 0.6) is 5.75 Å². The first-order chi connectivity index (χ1) is 7.96. The van der Waals surface area contributed by atoms with E-state index in [4.69, 9.17) is 10.5 Å². The second kappa shape index (κ2) is 7.62. The third-order valence-corrected chi connectivity index (χ3v) is 2.84. The van der Waals surface area contributed by atoms with Crippen LogP contribution in [0.2, 0.25) is 0 Å². The van der Waals surface area contributed by atoms with E-state index in [1.165, 1.54) is 5.56 Å². The fourth-order valence-corrected chi connectivity index (χ4v) is 1.93. The van der Waals surface area contributed by atoms with Crippen LogP contribution >= 0.6 is 12.4 Å². The first-order valence-corrected chi connectivity index (χ1v) is 5.98. The van der Waals surface area contributed by atoms with Gasteiger partial charge in [0.1, 0.15) is 5.75 Å². The van der Waals surface area contributed by atoms with Crippen molar-refractivity contribution in [3.8, 4) is 5.75 Å². The summed E-state index contributed by atoms with van der Waals surface area (Å²) < 4.78 is 5.22. The van der Waals surface area contributed by atoms with E-state index in [-0.39, 0.29) is 17.8 Å². The number of halogens is 1. The van der Waals surface area contributed by atoms with Gasteiger partial charge in [0.15, 0.2) is 0 Å². The van der Waals surface area contributed by atoms with E-state index in [1.807, 2.05) is 12.1 Å². The molecule has 4 heteroatoms. The Morgan fingerprint density at radius 2 is 2.00 bits per heavy atom. The molecule has 2 N–H and O–H groups in total. The second-order valence-corrected chi connectivity index (χ2v) is 5.39. The molecule has 0 saturated heterocycles. The summed E-state index contributed by atoms with van der Waals surface area (Å²) in [5.74, 6) is 0.911. The maximum Gasteiger partial charge on any atom is 0.119 e. The van der Waals surface area contributed by atoms with Crippen LogP contribution in [0.1, 0.15) is 19.4 Å². The third kappa shape index (κ3) is 5.71. The van der Waals surface area contributed by atoms with Crippen molar-refractivity contribution in [3.05, 3.63) is 29.8 Å². The zero-order valence-corrected chi connectivity index (χ0v) is 12.6. The number of nitrogens with zero attached hydrogens (tertiary/aromatic N) is 1. The Morgan fingerprint density at radius 1 is 1.33 bits per heavy atom. The molecule has 0 saturated carbocycles. The van der Waals surface area contributed by atoms with Gasteiger partial charge in [-0.2, -0.15) is 0 Å². The number of rotatable bonds is 6. The first-order valence-electron chi connectivity index (χ1n) is 5.98. The number of ether oxygens (including phenoxy) is 1. The van der Waals surface area contributed by atoms with E-state index in [0.717, 1.165) is 18.8 Å². The van der Waals surface area contributed by atoms with Gasteiger partial charge in [0.25, 0.3) is 0 Å². The normalized spacial score (nSPS) is 11.2. The summed E-state index contributed by atoms with van der Waals surface area (Å²) in [6.45, 7) is 6.99. The van der Waals surface area contributed by atoms with Crippen molar-refractivity contribution in [2.45, 2.75) is 20.4 Å². The van der Waals surface area contributed by atoms with Crippen molar-refractivity contribution in [2.75, 3.05) is 27.2 Å². The average molecular weight is 273 g/mol. The van der Waals surface area contributed by atoms with Crippen LogP contribution in [0, 0.1) is 5.41 Å². The van der Waals surface area contributed by atoms with E-state index in [0.29, 0.717) is 6.54 Å². The molecule has 0 spiro atoms. The molecule has 0 aliphatic heterocycles. The molecule has 0 aliphatic carbocycles. The van der Waals surface area contributed by atoms with Gasteiger partial charge in [-0.1, -0.05) is 26.0 Å². The largest absolute Gasteiger partial charge is 0.497 e.